The largest absolute Gasteiger partial charge is 0.394 e. The van der Waals surface area contributed by atoms with Gasteiger partial charge >= 0.3 is 0 Å². The van der Waals surface area contributed by atoms with E-state index in [0.29, 0.717) is 24.7 Å². The molecule has 4 aliphatic rings. The molecule has 150 valence electrons. The first kappa shape index (κ1) is 19.1. The monoisotopic (exact) mass is 368 g/mol. The van der Waals surface area contributed by atoms with E-state index >= 15 is 0 Å². The molecule has 4 fully saturated rings. The van der Waals surface area contributed by atoms with E-state index in [2.05, 4.69) is 6.92 Å². The van der Waals surface area contributed by atoms with E-state index in [0.717, 1.165) is 38.5 Å². The van der Waals surface area contributed by atoms with Crippen LogP contribution >= 0.6 is 0 Å². The van der Waals surface area contributed by atoms with E-state index in [-0.39, 0.29) is 23.4 Å². The van der Waals surface area contributed by atoms with Crippen LogP contribution in [0.2, 0.25) is 0 Å². The van der Waals surface area contributed by atoms with Gasteiger partial charge in [-0.3, -0.25) is 0 Å². The lowest BCUT2D eigenvalue weighted by Gasteiger charge is -2.63. The molecule has 0 aromatic rings. The second kappa shape index (κ2) is 6.15. The summed E-state index contributed by atoms with van der Waals surface area (Å²) in [5, 5.41) is 52.5. The lowest BCUT2D eigenvalue weighted by atomic mass is 9.43. The Labute approximate surface area is 156 Å². The van der Waals surface area contributed by atoms with Gasteiger partial charge < -0.3 is 25.5 Å². The highest BCUT2D eigenvalue weighted by Crippen LogP contribution is 2.68. The Bertz CT molecular complexity index is 555. The molecule has 5 heteroatoms. The number of hydrogen-bond donors (Lipinski definition) is 5. The smallest absolute Gasteiger partial charge is 0.106 e. The molecule has 26 heavy (non-hydrogen) atoms. The van der Waals surface area contributed by atoms with Crippen molar-refractivity contribution in [3.05, 3.63) is 0 Å². The third kappa shape index (κ3) is 2.33. The van der Waals surface area contributed by atoms with Gasteiger partial charge in [0, 0.05) is 5.41 Å². The summed E-state index contributed by atoms with van der Waals surface area (Å²) in [5.41, 5.74) is -1.83. The van der Waals surface area contributed by atoms with E-state index in [9.17, 15) is 25.5 Å². The molecule has 5 N–H and O–H groups in total. The molecule has 0 amide bonds. The molecule has 0 heterocycles. The zero-order valence-electron chi connectivity index (χ0n) is 16.1. The zero-order valence-corrected chi connectivity index (χ0v) is 16.1. The average Bonchev–Trinajstić information content (AvgIpc) is 2.86. The van der Waals surface area contributed by atoms with E-state index in [1.807, 2.05) is 6.92 Å². The maximum Gasteiger partial charge on any atom is 0.106 e. The minimum absolute atomic E-state index is 0.0548. The van der Waals surface area contributed by atoms with Gasteiger partial charge in [-0.15, -0.1) is 0 Å². The van der Waals surface area contributed by atoms with Gasteiger partial charge in [-0.1, -0.05) is 13.8 Å². The van der Waals surface area contributed by atoms with E-state index in [1.54, 1.807) is 0 Å². The highest BCUT2D eigenvalue weighted by Gasteiger charge is 2.68. The number of fused-ring (bicyclic) bond motifs is 5. The molecule has 0 unspecified atom stereocenters. The molecule has 0 aliphatic heterocycles. The van der Waals surface area contributed by atoms with Gasteiger partial charge in [-0.2, -0.15) is 0 Å². The minimum Gasteiger partial charge on any atom is -0.394 e. The van der Waals surface area contributed by atoms with E-state index in [1.165, 1.54) is 0 Å². The molecule has 4 rings (SSSR count). The van der Waals surface area contributed by atoms with Crippen molar-refractivity contribution >= 4 is 0 Å². The first-order chi connectivity index (χ1) is 12.2. The van der Waals surface area contributed by atoms with Gasteiger partial charge in [0.2, 0.25) is 0 Å². The Balaban J connectivity index is 1.68. The van der Waals surface area contributed by atoms with Crippen molar-refractivity contribution in [2.75, 3.05) is 6.61 Å². The lowest BCUT2D eigenvalue weighted by Crippen LogP contribution is -2.64. The maximum absolute atomic E-state index is 11.3. The topological polar surface area (TPSA) is 101 Å². The van der Waals surface area contributed by atoms with Gasteiger partial charge in [0.15, 0.2) is 0 Å². The molecular weight excluding hydrogens is 332 g/mol. The summed E-state index contributed by atoms with van der Waals surface area (Å²) in [6, 6.07) is 0. The van der Waals surface area contributed by atoms with Crippen molar-refractivity contribution in [3.8, 4) is 0 Å². The third-order valence-corrected chi connectivity index (χ3v) is 9.51. The van der Waals surface area contributed by atoms with Crippen LogP contribution in [0, 0.1) is 34.5 Å². The summed E-state index contributed by atoms with van der Waals surface area (Å²) < 4.78 is 0. The summed E-state index contributed by atoms with van der Waals surface area (Å²) in [6.07, 6.45) is 4.70. The maximum atomic E-state index is 11.3. The van der Waals surface area contributed by atoms with Crippen molar-refractivity contribution in [3.63, 3.8) is 0 Å². The molecule has 0 radical (unpaired) electrons. The Morgan fingerprint density at radius 3 is 2.46 bits per heavy atom. The van der Waals surface area contributed by atoms with Gasteiger partial charge in [0.05, 0.1) is 24.4 Å². The minimum atomic E-state index is -1.32. The van der Waals surface area contributed by atoms with Gasteiger partial charge in [0.1, 0.15) is 6.10 Å². The molecule has 4 aliphatic carbocycles. The second-order valence-corrected chi connectivity index (χ2v) is 10.4. The van der Waals surface area contributed by atoms with Crippen molar-refractivity contribution in [2.45, 2.75) is 89.1 Å². The third-order valence-electron chi connectivity index (χ3n) is 9.51. The SMILES string of the molecule is C[C@]12CC[C@@H](O)C[C@H]1CC[C@@H]1[C@H]2[C@@H](O)C[C@@]2(C)[C@H]1CC[C@]2(O)[C@H](O)CO. The fraction of sp³-hybridized carbons (Fsp3) is 1.00. The van der Waals surface area contributed by atoms with Crippen LogP contribution in [0.25, 0.3) is 0 Å². The predicted octanol–water partition coefficient (Wildman–Crippen LogP) is 1.45. The number of rotatable bonds is 2. The Hall–Kier alpha value is -0.200. The quantitative estimate of drug-likeness (QED) is 0.508. The zero-order chi connectivity index (χ0) is 18.9. The summed E-state index contributed by atoms with van der Waals surface area (Å²) in [6.45, 7) is 3.89. The van der Waals surface area contributed by atoms with Gasteiger partial charge in [0.25, 0.3) is 0 Å². The summed E-state index contributed by atoms with van der Waals surface area (Å²) in [4.78, 5) is 0. The first-order valence-corrected chi connectivity index (χ1v) is 10.5. The molecule has 0 aromatic heterocycles. The summed E-state index contributed by atoms with van der Waals surface area (Å²) in [7, 11) is 0. The lowest BCUT2D eigenvalue weighted by molar-refractivity contribution is -0.224. The fourth-order valence-corrected chi connectivity index (χ4v) is 8.10. The Morgan fingerprint density at radius 1 is 1.04 bits per heavy atom. The molecule has 0 aromatic carbocycles. The molecule has 0 saturated heterocycles. The van der Waals surface area contributed by atoms with Crippen LogP contribution < -0.4 is 0 Å². The fourth-order valence-electron chi connectivity index (χ4n) is 8.10. The van der Waals surface area contributed by atoms with Crippen molar-refractivity contribution in [1.82, 2.24) is 0 Å². The van der Waals surface area contributed by atoms with Gasteiger partial charge in [-0.25, -0.2) is 0 Å². The van der Waals surface area contributed by atoms with Crippen molar-refractivity contribution < 1.29 is 25.5 Å². The van der Waals surface area contributed by atoms with Crippen LogP contribution in [0.3, 0.4) is 0 Å². The van der Waals surface area contributed by atoms with Crippen LogP contribution in [0.1, 0.15) is 65.2 Å². The molecule has 10 atom stereocenters. The normalized spacial score (nSPS) is 57.8. The molecule has 0 bridgehead atoms. The van der Waals surface area contributed by atoms with Crippen LogP contribution in [0.15, 0.2) is 0 Å². The number of aliphatic hydroxyl groups is 5. The van der Waals surface area contributed by atoms with Crippen LogP contribution in [-0.4, -0.2) is 56.1 Å². The van der Waals surface area contributed by atoms with Crippen molar-refractivity contribution in [2.24, 2.45) is 34.5 Å². The van der Waals surface area contributed by atoms with Crippen molar-refractivity contribution in [1.29, 1.82) is 0 Å². The molecule has 0 spiro atoms. The van der Waals surface area contributed by atoms with Gasteiger partial charge in [-0.05, 0) is 80.5 Å². The standard InChI is InChI=1S/C21H36O5/c1-19-7-5-13(23)9-12(19)3-4-14-15-6-8-21(26,17(25)11-22)20(15,2)10-16(24)18(14)19/h12-18,22-26H,3-11H2,1-2H3/t12-,13-,14+,15+,16+,17-,18+,19+,20+,21+/m1/s1. The number of aliphatic hydroxyl groups excluding tert-OH is 4. The van der Waals surface area contributed by atoms with E-state index in [4.69, 9.17) is 0 Å². The molecular formula is C21H36O5. The first-order valence-electron chi connectivity index (χ1n) is 10.5. The Morgan fingerprint density at radius 2 is 1.77 bits per heavy atom. The van der Waals surface area contributed by atoms with Crippen LogP contribution in [-0.2, 0) is 0 Å². The second-order valence-electron chi connectivity index (χ2n) is 10.4. The highest BCUT2D eigenvalue weighted by atomic mass is 16.4. The Kier molecular flexibility index (Phi) is 4.52. The number of hydrogen-bond acceptors (Lipinski definition) is 5. The highest BCUT2D eigenvalue weighted by molar-refractivity contribution is 5.17. The van der Waals surface area contributed by atoms with Crippen LogP contribution in [0.5, 0.6) is 0 Å². The molecule has 4 saturated carbocycles. The average molecular weight is 369 g/mol. The summed E-state index contributed by atoms with van der Waals surface area (Å²) in [5.74, 6) is 1.29. The summed E-state index contributed by atoms with van der Waals surface area (Å²) >= 11 is 0. The van der Waals surface area contributed by atoms with Crippen LogP contribution in [0.4, 0.5) is 0 Å². The molecule has 5 nitrogen and oxygen atoms in total. The predicted molar refractivity (Wildman–Crippen MR) is 97.2 cm³/mol. The van der Waals surface area contributed by atoms with E-state index < -0.39 is 29.8 Å².